The second kappa shape index (κ2) is 15.3. The number of anilines is 2. The van der Waals surface area contributed by atoms with Crippen molar-refractivity contribution in [2.45, 2.75) is 24.0 Å². The molecular weight excluding hydrogens is 614 g/mol. The van der Waals surface area contributed by atoms with E-state index >= 15 is 0 Å². The number of hydrogen-bond acceptors (Lipinski definition) is 4. The van der Waals surface area contributed by atoms with E-state index in [2.05, 4.69) is 16.0 Å². The van der Waals surface area contributed by atoms with Crippen molar-refractivity contribution in [2.75, 3.05) is 10.6 Å². The van der Waals surface area contributed by atoms with Gasteiger partial charge in [0.25, 0.3) is 11.8 Å². The molecule has 1 unspecified atom stereocenters. The number of aryl methyl sites for hydroxylation is 2. The first-order chi connectivity index (χ1) is 22.3. The van der Waals surface area contributed by atoms with Crippen LogP contribution >= 0.6 is 23.4 Å². The lowest BCUT2D eigenvalue weighted by Crippen LogP contribution is -2.30. The van der Waals surface area contributed by atoms with Crippen molar-refractivity contribution in [1.82, 2.24) is 5.32 Å². The van der Waals surface area contributed by atoms with E-state index in [4.69, 9.17) is 11.6 Å². The van der Waals surface area contributed by atoms with E-state index in [0.717, 1.165) is 27.3 Å². The van der Waals surface area contributed by atoms with E-state index < -0.39 is 17.1 Å². The van der Waals surface area contributed by atoms with Gasteiger partial charge in [0.1, 0.15) is 10.9 Å². The molecule has 0 heterocycles. The summed E-state index contributed by atoms with van der Waals surface area (Å²) in [5.41, 5.74) is 5.31. The first-order valence-corrected chi connectivity index (χ1v) is 15.9. The molecule has 3 amide bonds. The number of benzene rings is 5. The van der Waals surface area contributed by atoms with E-state index in [0.29, 0.717) is 21.8 Å². The summed E-state index contributed by atoms with van der Waals surface area (Å²) >= 11 is 7.77. The van der Waals surface area contributed by atoms with Gasteiger partial charge in [-0.3, -0.25) is 14.4 Å². The Morgan fingerprint density at radius 3 is 2.07 bits per heavy atom. The fourth-order valence-electron chi connectivity index (χ4n) is 4.69. The molecule has 230 valence electrons. The van der Waals surface area contributed by atoms with Crippen LogP contribution < -0.4 is 16.0 Å². The first-order valence-electron chi connectivity index (χ1n) is 14.6. The SMILES string of the molecule is Cc1ccc(NC(=O)C(Sc2ccc(NC(=O)/C(=C/c3ccccc3Cl)NC(=O)c3ccccc3)cc2)c2ccccc2)c(C)c1. The molecule has 0 aliphatic carbocycles. The van der Waals surface area contributed by atoms with Crippen LogP contribution in [0.5, 0.6) is 0 Å². The zero-order valence-corrected chi connectivity index (χ0v) is 26.9. The highest BCUT2D eigenvalue weighted by molar-refractivity contribution is 8.00. The van der Waals surface area contributed by atoms with Crippen molar-refractivity contribution < 1.29 is 14.4 Å². The lowest BCUT2D eigenvalue weighted by Gasteiger charge is -2.18. The van der Waals surface area contributed by atoms with E-state index in [9.17, 15) is 14.4 Å². The summed E-state index contributed by atoms with van der Waals surface area (Å²) in [6.45, 7) is 3.99. The molecule has 0 aliphatic rings. The summed E-state index contributed by atoms with van der Waals surface area (Å²) in [7, 11) is 0. The predicted octanol–water partition coefficient (Wildman–Crippen LogP) is 8.84. The number of nitrogens with one attached hydrogen (secondary N) is 3. The number of carbonyl (C=O) groups is 3. The fourth-order valence-corrected chi connectivity index (χ4v) is 5.91. The Morgan fingerprint density at radius 1 is 0.739 bits per heavy atom. The third-order valence-corrected chi connectivity index (χ3v) is 8.69. The van der Waals surface area contributed by atoms with Crippen molar-refractivity contribution >= 4 is 58.5 Å². The Balaban J connectivity index is 1.33. The molecule has 0 saturated carbocycles. The number of carbonyl (C=O) groups excluding carboxylic acids is 3. The molecule has 0 bridgehead atoms. The van der Waals surface area contributed by atoms with Gasteiger partial charge in [-0.2, -0.15) is 0 Å². The second-order valence-corrected chi connectivity index (χ2v) is 12.2. The van der Waals surface area contributed by atoms with Crippen LogP contribution in [0, 0.1) is 13.8 Å². The van der Waals surface area contributed by atoms with Gasteiger partial charge in [-0.1, -0.05) is 96.0 Å². The Bertz CT molecular complexity index is 1880. The fraction of sp³-hybridized carbons (Fsp3) is 0.0789. The van der Waals surface area contributed by atoms with Gasteiger partial charge < -0.3 is 16.0 Å². The maximum absolute atomic E-state index is 13.6. The highest BCUT2D eigenvalue weighted by Gasteiger charge is 2.23. The summed E-state index contributed by atoms with van der Waals surface area (Å²) in [5, 5.41) is 8.61. The van der Waals surface area contributed by atoms with Gasteiger partial charge in [0.05, 0.1) is 0 Å². The summed E-state index contributed by atoms with van der Waals surface area (Å²) in [5.74, 6) is -1.07. The molecule has 0 aliphatic heterocycles. The number of amides is 3. The largest absolute Gasteiger partial charge is 0.325 e. The highest BCUT2D eigenvalue weighted by Crippen LogP contribution is 2.37. The topological polar surface area (TPSA) is 87.3 Å². The van der Waals surface area contributed by atoms with Crippen LogP contribution in [0.4, 0.5) is 11.4 Å². The van der Waals surface area contributed by atoms with Crippen molar-refractivity contribution in [3.8, 4) is 0 Å². The van der Waals surface area contributed by atoms with Gasteiger partial charge in [0.15, 0.2) is 0 Å². The average molecular weight is 646 g/mol. The molecular formula is C38H32ClN3O3S. The van der Waals surface area contributed by atoms with Gasteiger partial charge in [0, 0.05) is 26.9 Å². The van der Waals surface area contributed by atoms with Crippen LogP contribution in [0.3, 0.4) is 0 Å². The molecule has 1 atom stereocenters. The molecule has 5 aromatic rings. The smallest absolute Gasteiger partial charge is 0.272 e. The zero-order valence-electron chi connectivity index (χ0n) is 25.3. The van der Waals surface area contributed by atoms with Gasteiger partial charge in [-0.15, -0.1) is 11.8 Å². The summed E-state index contributed by atoms with van der Waals surface area (Å²) in [4.78, 5) is 40.8. The summed E-state index contributed by atoms with van der Waals surface area (Å²) in [6.07, 6.45) is 1.54. The van der Waals surface area contributed by atoms with E-state index in [1.807, 2.05) is 80.6 Å². The summed E-state index contributed by atoms with van der Waals surface area (Å²) in [6, 6.07) is 38.5. The summed E-state index contributed by atoms with van der Waals surface area (Å²) < 4.78 is 0. The van der Waals surface area contributed by atoms with E-state index in [-0.39, 0.29) is 11.6 Å². The zero-order chi connectivity index (χ0) is 32.5. The third-order valence-electron chi connectivity index (χ3n) is 7.08. The lowest BCUT2D eigenvalue weighted by molar-refractivity contribution is -0.116. The van der Waals surface area contributed by atoms with Crippen molar-refractivity contribution in [1.29, 1.82) is 0 Å². The Hall–Kier alpha value is -5.11. The van der Waals surface area contributed by atoms with Crippen molar-refractivity contribution in [2.24, 2.45) is 0 Å². The van der Waals surface area contributed by atoms with Gasteiger partial charge >= 0.3 is 0 Å². The Kier molecular flexibility index (Phi) is 10.7. The van der Waals surface area contributed by atoms with E-state index in [1.165, 1.54) is 11.8 Å². The number of halogens is 1. The molecule has 0 aromatic heterocycles. The highest BCUT2D eigenvalue weighted by atomic mass is 35.5. The maximum atomic E-state index is 13.6. The van der Waals surface area contributed by atoms with Gasteiger partial charge in [0.2, 0.25) is 5.91 Å². The minimum atomic E-state index is -0.514. The lowest BCUT2D eigenvalue weighted by atomic mass is 10.1. The standard InChI is InChI=1S/C38H32ClN3O3S/c1-25-17-22-33(26(2)23-25)41-38(45)35(27-11-5-3-6-12-27)46-31-20-18-30(19-21-31)40-37(44)34(24-29-15-9-10-16-32(29)39)42-36(43)28-13-7-4-8-14-28/h3-24,35H,1-2H3,(H,40,44)(H,41,45)(H,42,43)/b34-24-. The molecule has 0 fully saturated rings. The molecule has 0 spiro atoms. The minimum Gasteiger partial charge on any atom is -0.325 e. The van der Waals surface area contributed by atoms with Crippen molar-refractivity contribution in [3.63, 3.8) is 0 Å². The Labute approximate surface area is 277 Å². The van der Waals surface area contributed by atoms with Crippen LogP contribution in [0.2, 0.25) is 5.02 Å². The molecule has 0 radical (unpaired) electrons. The normalized spacial score (nSPS) is 11.8. The molecule has 46 heavy (non-hydrogen) atoms. The molecule has 5 rings (SSSR count). The van der Waals surface area contributed by atoms with Crippen LogP contribution in [0.15, 0.2) is 138 Å². The van der Waals surface area contributed by atoms with Crippen molar-refractivity contribution in [3.05, 3.63) is 166 Å². The van der Waals surface area contributed by atoms with Crippen LogP contribution in [-0.2, 0) is 9.59 Å². The quantitative estimate of drug-likeness (QED) is 0.105. The van der Waals surface area contributed by atoms with Crippen LogP contribution in [-0.4, -0.2) is 17.7 Å². The van der Waals surface area contributed by atoms with Crippen LogP contribution in [0.25, 0.3) is 6.08 Å². The minimum absolute atomic E-state index is 0.0348. The molecule has 0 saturated heterocycles. The number of rotatable bonds is 10. The molecule has 6 nitrogen and oxygen atoms in total. The molecule has 8 heteroatoms. The monoisotopic (exact) mass is 645 g/mol. The number of hydrogen-bond donors (Lipinski definition) is 3. The molecule has 5 aromatic carbocycles. The molecule has 3 N–H and O–H groups in total. The maximum Gasteiger partial charge on any atom is 0.272 e. The second-order valence-electron chi connectivity index (χ2n) is 10.6. The first kappa shape index (κ1) is 32.3. The number of thioether (sulfide) groups is 1. The predicted molar refractivity (Wildman–Crippen MR) is 188 cm³/mol. The third kappa shape index (κ3) is 8.53. The van der Waals surface area contributed by atoms with E-state index in [1.54, 1.807) is 66.7 Å². The average Bonchev–Trinajstić information content (AvgIpc) is 3.07. The van der Waals surface area contributed by atoms with Gasteiger partial charge in [-0.05, 0) is 85.1 Å². The van der Waals surface area contributed by atoms with Crippen LogP contribution in [0.1, 0.15) is 37.9 Å². The Morgan fingerprint density at radius 2 is 1.39 bits per heavy atom. The van der Waals surface area contributed by atoms with Gasteiger partial charge in [-0.25, -0.2) is 0 Å².